The van der Waals surface area contributed by atoms with Crippen LogP contribution in [0.25, 0.3) is 22.0 Å². The quantitative estimate of drug-likeness (QED) is 0.0876. The normalized spacial score (nSPS) is 11.2. The fourth-order valence-corrected chi connectivity index (χ4v) is 5.40. The summed E-state index contributed by atoms with van der Waals surface area (Å²) in [5.41, 5.74) is 1.96. The third-order valence-electron chi connectivity index (χ3n) is 6.36. The smallest absolute Gasteiger partial charge is 0.754 e. The minimum absolute atomic E-state index is 0. The molecule has 3 aromatic carbocycles. The van der Waals surface area contributed by atoms with Crippen molar-refractivity contribution in [3.63, 3.8) is 0 Å². The summed E-state index contributed by atoms with van der Waals surface area (Å²) >= 11 is 0. The van der Waals surface area contributed by atoms with Gasteiger partial charge in [0.2, 0.25) is 0 Å². The first kappa shape index (κ1) is 36.5. The molecule has 43 heavy (non-hydrogen) atoms. The van der Waals surface area contributed by atoms with Gasteiger partial charge in [-0.25, -0.2) is 4.79 Å². The SMILES string of the molecule is CCOC(=O)c1c2c3c(c(Nc4[c-]cc(S(=O)(=O)[O-])c(C)c4)ccc3n(C)c1=O)C(=O)c1ccccc1-2.O=S(=O)=O.[Na+].[Na+]. The van der Waals surface area contributed by atoms with Crippen LogP contribution in [0.2, 0.25) is 0 Å². The van der Waals surface area contributed by atoms with E-state index in [2.05, 4.69) is 11.4 Å². The second-order valence-electron chi connectivity index (χ2n) is 8.77. The van der Waals surface area contributed by atoms with Crippen LogP contribution < -0.4 is 70.0 Å². The van der Waals surface area contributed by atoms with Gasteiger partial charge in [-0.05, 0) is 24.6 Å². The molecule has 0 unspecified atom stereocenters. The van der Waals surface area contributed by atoms with Gasteiger partial charge in [0.15, 0.2) is 5.78 Å². The Bertz CT molecular complexity index is 2050. The Kier molecular flexibility index (Phi) is 12.2. The molecule has 0 spiro atoms. The van der Waals surface area contributed by atoms with E-state index in [1.54, 1.807) is 43.3 Å². The molecule has 0 amide bonds. The molecule has 1 N–H and O–H groups in total. The summed E-state index contributed by atoms with van der Waals surface area (Å²) in [5, 5.41) is 3.50. The number of ketones is 1. The summed E-state index contributed by atoms with van der Waals surface area (Å²) in [4.78, 5) is 39.7. The number of aryl methyl sites for hydroxylation is 2. The molecule has 0 atom stereocenters. The van der Waals surface area contributed by atoms with Gasteiger partial charge in [-0.1, -0.05) is 41.8 Å². The van der Waals surface area contributed by atoms with E-state index in [4.69, 9.17) is 17.4 Å². The molecule has 1 aromatic heterocycles. The number of nitrogens with zero attached hydrogens (tertiary/aromatic N) is 1. The van der Waals surface area contributed by atoms with Crippen LogP contribution in [0.15, 0.2) is 58.2 Å². The van der Waals surface area contributed by atoms with E-state index < -0.39 is 32.3 Å². The molecule has 0 fully saturated rings. The largest absolute Gasteiger partial charge is 1.00 e. The van der Waals surface area contributed by atoms with Crippen molar-refractivity contribution in [3.8, 4) is 11.1 Å². The number of ether oxygens (including phenoxy) is 1. The number of nitrogens with one attached hydrogen (secondary N) is 1. The average Bonchev–Trinajstić information content (AvgIpc) is 2.89. The molecule has 16 heteroatoms. The molecule has 0 aliphatic heterocycles. The van der Waals surface area contributed by atoms with Crippen LogP contribution in [-0.2, 0) is 32.5 Å². The summed E-state index contributed by atoms with van der Waals surface area (Å²) in [6, 6.07) is 15.3. The standard InChI is InChI=1S/C27H21N2O7S.2Na.O3S/c1-4-36-27(32)24-21-16-7-5-6-8-17(16)25(30)22-18(10-11-19(23(21)22)29(3)26(24)31)28-15-9-12-20(14(2)13-15)37(33,34)35;;;1-4(2)3/h5-8,10-13,28H,4H2,1-3H3,(H,33,34,35);;;/q-1;2*+1;/p-1. The Morgan fingerprint density at radius 2 is 1.65 bits per heavy atom. The molecule has 212 valence electrons. The number of carbonyl (C=O) groups excluding carboxylic acids is 2. The predicted octanol–water partition coefficient (Wildman–Crippen LogP) is -3.31. The maximum atomic E-state index is 13.8. The van der Waals surface area contributed by atoms with E-state index in [0.29, 0.717) is 39.0 Å². The Hall–Kier alpha value is -2.66. The van der Waals surface area contributed by atoms with Gasteiger partial charge >= 0.3 is 75.7 Å². The molecule has 0 bridgehead atoms. The number of esters is 1. The van der Waals surface area contributed by atoms with Crippen LogP contribution in [0.1, 0.15) is 38.8 Å². The minimum atomic E-state index is -4.67. The number of benzene rings is 3. The summed E-state index contributed by atoms with van der Waals surface area (Å²) < 4.78 is 66.2. The van der Waals surface area contributed by atoms with Crippen molar-refractivity contribution in [1.29, 1.82) is 0 Å². The van der Waals surface area contributed by atoms with E-state index in [1.165, 1.54) is 24.6 Å². The van der Waals surface area contributed by atoms with Crippen LogP contribution in [0, 0.1) is 13.0 Å². The van der Waals surface area contributed by atoms with E-state index >= 15 is 0 Å². The van der Waals surface area contributed by atoms with E-state index in [0.717, 1.165) is 6.07 Å². The van der Waals surface area contributed by atoms with Crippen LogP contribution in [-0.4, -0.2) is 48.5 Å². The summed E-state index contributed by atoms with van der Waals surface area (Å²) in [5.74, 6) is -1.10. The Balaban J connectivity index is 0.00000101. The van der Waals surface area contributed by atoms with Crippen LogP contribution in [0.3, 0.4) is 0 Å². The molecule has 5 rings (SSSR count). The Morgan fingerprint density at radius 3 is 2.21 bits per heavy atom. The Labute approximate surface area is 291 Å². The Morgan fingerprint density at radius 1 is 1.05 bits per heavy atom. The first-order valence-corrected chi connectivity index (χ1v) is 14.2. The van der Waals surface area contributed by atoms with Crippen molar-refractivity contribution < 1.29 is 99.0 Å². The van der Waals surface area contributed by atoms with Gasteiger partial charge in [0.1, 0.15) is 5.56 Å². The number of anilines is 2. The maximum absolute atomic E-state index is 13.8. The van der Waals surface area contributed by atoms with Gasteiger partial charge in [0, 0.05) is 29.2 Å². The van der Waals surface area contributed by atoms with Crippen molar-refractivity contribution in [1.82, 2.24) is 4.57 Å². The van der Waals surface area contributed by atoms with Crippen LogP contribution in [0.5, 0.6) is 0 Å². The number of carbonyl (C=O) groups is 2. The van der Waals surface area contributed by atoms with Gasteiger partial charge in [0.05, 0.1) is 27.8 Å². The van der Waals surface area contributed by atoms with E-state index in [1.807, 2.05) is 0 Å². The zero-order valence-corrected chi connectivity index (χ0v) is 29.3. The molecule has 0 saturated heterocycles. The van der Waals surface area contributed by atoms with Gasteiger partial charge in [-0.3, -0.25) is 18.0 Å². The third kappa shape index (κ3) is 7.19. The number of rotatable bonds is 5. The van der Waals surface area contributed by atoms with Gasteiger partial charge < -0.3 is 19.2 Å². The summed E-state index contributed by atoms with van der Waals surface area (Å²) in [6.07, 6.45) is 0. The van der Waals surface area contributed by atoms with Crippen LogP contribution >= 0.6 is 0 Å². The molecule has 12 nitrogen and oxygen atoms in total. The molecule has 1 aliphatic carbocycles. The van der Waals surface area contributed by atoms with Crippen molar-refractivity contribution >= 4 is 54.8 Å². The molecule has 1 aliphatic rings. The topological polar surface area (TPSA) is 186 Å². The number of pyridine rings is 1. The first-order chi connectivity index (χ1) is 19.3. The second kappa shape index (κ2) is 14.4. The van der Waals surface area contributed by atoms with Crippen LogP contribution in [0.4, 0.5) is 11.4 Å². The number of fused-ring (bicyclic) bond motifs is 2. The number of aromatic nitrogens is 1. The third-order valence-corrected chi connectivity index (χ3v) is 7.34. The van der Waals surface area contributed by atoms with Crippen molar-refractivity contribution in [2.75, 3.05) is 11.9 Å². The monoisotopic (exact) mass is 642 g/mol. The molecular formula is C27H20N2Na2O10S2. The summed E-state index contributed by atoms with van der Waals surface area (Å²) in [7, 11) is -6.26. The fourth-order valence-electron chi connectivity index (χ4n) is 4.74. The van der Waals surface area contributed by atoms with Crippen molar-refractivity contribution in [2.24, 2.45) is 7.05 Å². The predicted molar refractivity (Wildman–Crippen MR) is 145 cm³/mol. The van der Waals surface area contributed by atoms with Gasteiger partial charge in [-0.15, -0.1) is 24.3 Å². The zero-order chi connectivity index (χ0) is 30.2. The van der Waals surface area contributed by atoms with Gasteiger partial charge in [0.25, 0.3) is 5.56 Å². The zero-order valence-electron chi connectivity index (χ0n) is 23.7. The molecule has 1 heterocycles. The number of hydrogen-bond acceptors (Lipinski definition) is 11. The van der Waals surface area contributed by atoms with E-state index in [-0.39, 0.29) is 93.1 Å². The summed E-state index contributed by atoms with van der Waals surface area (Å²) in [6.45, 7) is 3.19. The fraction of sp³-hybridized carbons (Fsp3) is 0.148. The first-order valence-electron chi connectivity index (χ1n) is 11.8. The van der Waals surface area contributed by atoms with Gasteiger partial charge in [-0.2, -0.15) is 12.1 Å². The van der Waals surface area contributed by atoms with Crippen molar-refractivity contribution in [2.45, 2.75) is 18.7 Å². The average molecular weight is 643 g/mol. The second-order valence-corrected chi connectivity index (χ2v) is 10.5. The molecule has 0 radical (unpaired) electrons. The minimum Gasteiger partial charge on any atom is -0.754 e. The maximum Gasteiger partial charge on any atom is 1.00 e. The van der Waals surface area contributed by atoms with Crippen molar-refractivity contribution in [3.05, 3.63) is 87.2 Å². The molecule has 0 saturated carbocycles. The number of hydrogen-bond donors (Lipinski definition) is 1. The molecular weight excluding hydrogens is 622 g/mol. The molecule has 4 aromatic rings. The van der Waals surface area contributed by atoms with E-state index in [9.17, 15) is 27.4 Å².